The molecule has 4 nitrogen and oxygen atoms in total. The number of rotatable bonds is 6. The second-order valence-electron chi connectivity index (χ2n) is 4.18. The molecule has 0 amide bonds. The molecule has 0 aliphatic rings. The van der Waals surface area contributed by atoms with Gasteiger partial charge < -0.3 is 10.2 Å². The molecule has 0 fully saturated rings. The molecule has 5 heteroatoms. The van der Waals surface area contributed by atoms with Crippen LogP contribution >= 0.6 is 12.2 Å². The zero-order valence-electron chi connectivity index (χ0n) is 10.4. The summed E-state index contributed by atoms with van der Waals surface area (Å²) in [6.07, 6.45) is 1.11. The lowest BCUT2D eigenvalue weighted by atomic mass is 10.3. The van der Waals surface area contributed by atoms with Crippen LogP contribution < -0.4 is 21.1 Å². The van der Waals surface area contributed by atoms with Crippen molar-refractivity contribution in [1.29, 1.82) is 0 Å². The SMILES string of the molecule is C[NH+](C)CCCNC(=S)NNc1ccccc1. The molecule has 4 N–H and O–H groups in total. The van der Waals surface area contributed by atoms with Crippen molar-refractivity contribution in [3.63, 3.8) is 0 Å². The van der Waals surface area contributed by atoms with Gasteiger partial charge in [-0.2, -0.15) is 0 Å². The first-order valence-electron chi connectivity index (χ1n) is 5.82. The molecule has 17 heavy (non-hydrogen) atoms. The van der Waals surface area contributed by atoms with Crippen molar-refractivity contribution >= 4 is 23.0 Å². The number of anilines is 1. The molecule has 0 saturated carbocycles. The van der Waals surface area contributed by atoms with Crippen LogP contribution in [0.25, 0.3) is 0 Å². The van der Waals surface area contributed by atoms with Crippen LogP contribution in [0, 0.1) is 0 Å². The van der Waals surface area contributed by atoms with Crippen molar-refractivity contribution in [3.05, 3.63) is 30.3 Å². The van der Waals surface area contributed by atoms with E-state index in [9.17, 15) is 0 Å². The first-order chi connectivity index (χ1) is 8.18. The lowest BCUT2D eigenvalue weighted by molar-refractivity contribution is -0.858. The largest absolute Gasteiger partial charge is 0.361 e. The third-order valence-corrected chi connectivity index (χ3v) is 2.48. The van der Waals surface area contributed by atoms with E-state index >= 15 is 0 Å². The Labute approximate surface area is 108 Å². The minimum Gasteiger partial charge on any atom is -0.361 e. The Morgan fingerprint density at radius 3 is 2.59 bits per heavy atom. The molecule has 1 aromatic carbocycles. The van der Waals surface area contributed by atoms with Crippen molar-refractivity contribution in [2.75, 3.05) is 32.6 Å². The molecule has 0 atom stereocenters. The monoisotopic (exact) mass is 253 g/mol. The Kier molecular flexibility index (Phi) is 6.35. The molecule has 94 valence electrons. The summed E-state index contributed by atoms with van der Waals surface area (Å²) in [6.45, 7) is 2.04. The number of benzene rings is 1. The van der Waals surface area contributed by atoms with Gasteiger partial charge >= 0.3 is 0 Å². The summed E-state index contributed by atoms with van der Waals surface area (Å²) in [5.41, 5.74) is 6.98. The zero-order chi connectivity index (χ0) is 12.5. The van der Waals surface area contributed by atoms with Gasteiger partial charge in [-0.3, -0.25) is 10.9 Å². The van der Waals surface area contributed by atoms with Crippen LogP contribution in [0.4, 0.5) is 5.69 Å². The third-order valence-electron chi connectivity index (χ3n) is 2.23. The maximum absolute atomic E-state index is 5.14. The molecule has 0 aliphatic heterocycles. The Bertz CT molecular complexity index is 327. The molecule has 1 aromatic rings. The van der Waals surface area contributed by atoms with E-state index in [0.717, 1.165) is 25.2 Å². The van der Waals surface area contributed by atoms with Gasteiger partial charge in [0.1, 0.15) is 0 Å². The lowest BCUT2D eigenvalue weighted by Crippen LogP contribution is -3.05. The fourth-order valence-corrected chi connectivity index (χ4v) is 1.49. The summed E-state index contributed by atoms with van der Waals surface area (Å²) < 4.78 is 0. The maximum atomic E-state index is 5.14. The summed E-state index contributed by atoms with van der Waals surface area (Å²) in [4.78, 5) is 1.45. The predicted octanol–water partition coefficient (Wildman–Crippen LogP) is 0.0122. The van der Waals surface area contributed by atoms with Gasteiger partial charge in [0.15, 0.2) is 5.11 Å². The van der Waals surface area contributed by atoms with Crippen molar-refractivity contribution in [2.24, 2.45) is 0 Å². The van der Waals surface area contributed by atoms with Crippen molar-refractivity contribution < 1.29 is 4.90 Å². The molecule has 0 bridgehead atoms. The fraction of sp³-hybridized carbons (Fsp3) is 0.417. The van der Waals surface area contributed by atoms with Gasteiger partial charge in [-0.05, 0) is 24.4 Å². The standard InChI is InChI=1S/C12H20N4S/c1-16(2)10-6-9-13-12(17)15-14-11-7-4-3-5-8-11/h3-5,7-8,14H,6,9-10H2,1-2H3,(H2,13,15,17)/p+1. The van der Waals surface area contributed by atoms with Crippen molar-refractivity contribution in [1.82, 2.24) is 10.7 Å². The second-order valence-corrected chi connectivity index (χ2v) is 4.59. The first-order valence-corrected chi connectivity index (χ1v) is 6.23. The van der Waals surface area contributed by atoms with Crippen molar-refractivity contribution in [3.8, 4) is 0 Å². The normalized spacial score (nSPS) is 10.1. The van der Waals surface area contributed by atoms with Crippen LogP contribution in [0.15, 0.2) is 30.3 Å². The van der Waals surface area contributed by atoms with Gasteiger partial charge in [0.2, 0.25) is 0 Å². The minimum atomic E-state index is 0.627. The highest BCUT2D eigenvalue weighted by atomic mass is 32.1. The summed E-state index contributed by atoms with van der Waals surface area (Å²) in [6, 6.07) is 9.88. The first kappa shape index (κ1) is 13.7. The maximum Gasteiger partial charge on any atom is 0.185 e. The predicted molar refractivity (Wildman–Crippen MR) is 76.1 cm³/mol. The van der Waals surface area contributed by atoms with E-state index in [-0.39, 0.29) is 0 Å². The molecule has 0 radical (unpaired) electrons. The Hall–Kier alpha value is -1.33. The van der Waals surface area contributed by atoms with Gasteiger partial charge in [0.05, 0.1) is 26.3 Å². The van der Waals surface area contributed by atoms with Crippen LogP contribution in [-0.2, 0) is 0 Å². The molecule has 0 heterocycles. The fourth-order valence-electron chi connectivity index (χ4n) is 1.34. The number of para-hydroxylation sites is 1. The lowest BCUT2D eigenvalue weighted by Gasteiger charge is -2.12. The number of quaternary nitrogens is 1. The van der Waals surface area contributed by atoms with Crippen molar-refractivity contribution in [2.45, 2.75) is 6.42 Å². The Morgan fingerprint density at radius 1 is 1.24 bits per heavy atom. The minimum absolute atomic E-state index is 0.627. The highest BCUT2D eigenvalue weighted by molar-refractivity contribution is 7.80. The van der Waals surface area contributed by atoms with E-state index in [0.29, 0.717) is 5.11 Å². The van der Waals surface area contributed by atoms with Gasteiger partial charge in [-0.1, -0.05) is 18.2 Å². The molecule has 1 rings (SSSR count). The summed E-state index contributed by atoms with van der Waals surface area (Å²) >= 11 is 5.14. The Morgan fingerprint density at radius 2 is 1.94 bits per heavy atom. The van der Waals surface area contributed by atoms with Crippen LogP contribution in [0.2, 0.25) is 0 Å². The van der Waals surface area contributed by atoms with Gasteiger partial charge in [0.25, 0.3) is 0 Å². The molecule has 0 spiro atoms. The smallest absolute Gasteiger partial charge is 0.185 e. The van der Waals surface area contributed by atoms with Gasteiger partial charge in [-0.15, -0.1) is 0 Å². The van der Waals surface area contributed by atoms with Gasteiger partial charge in [-0.25, -0.2) is 0 Å². The number of nitrogens with one attached hydrogen (secondary N) is 4. The highest BCUT2D eigenvalue weighted by Gasteiger charge is 1.96. The van der Waals surface area contributed by atoms with Gasteiger partial charge in [0, 0.05) is 13.0 Å². The van der Waals surface area contributed by atoms with Crippen LogP contribution in [-0.4, -0.2) is 32.3 Å². The van der Waals surface area contributed by atoms with Crippen LogP contribution in [0.3, 0.4) is 0 Å². The van der Waals surface area contributed by atoms with E-state index in [4.69, 9.17) is 12.2 Å². The van der Waals surface area contributed by atoms with Crippen LogP contribution in [0.5, 0.6) is 0 Å². The summed E-state index contributed by atoms with van der Waals surface area (Å²) in [5, 5.41) is 3.78. The van der Waals surface area contributed by atoms with E-state index in [1.165, 1.54) is 4.90 Å². The molecular weight excluding hydrogens is 232 g/mol. The third kappa shape index (κ3) is 6.76. The van der Waals surface area contributed by atoms with E-state index in [1.54, 1.807) is 0 Å². The molecule has 0 aromatic heterocycles. The molecular formula is C12H21N4S+. The number of hydrogen-bond acceptors (Lipinski definition) is 2. The average Bonchev–Trinajstić information content (AvgIpc) is 2.33. The Balaban J connectivity index is 2.09. The van der Waals surface area contributed by atoms with E-state index < -0.39 is 0 Å². The molecule has 0 aliphatic carbocycles. The van der Waals surface area contributed by atoms with E-state index in [1.807, 2.05) is 30.3 Å². The van der Waals surface area contributed by atoms with E-state index in [2.05, 4.69) is 30.3 Å². The number of hydrogen-bond donors (Lipinski definition) is 4. The average molecular weight is 253 g/mol. The zero-order valence-corrected chi connectivity index (χ0v) is 11.2. The van der Waals surface area contributed by atoms with Crippen LogP contribution in [0.1, 0.15) is 6.42 Å². The highest BCUT2D eigenvalue weighted by Crippen LogP contribution is 2.02. The number of hydrazine groups is 1. The molecule has 0 unspecified atom stereocenters. The topological polar surface area (TPSA) is 40.5 Å². The summed E-state index contributed by atoms with van der Waals surface area (Å²) in [5.74, 6) is 0. The quantitative estimate of drug-likeness (QED) is 0.328. The summed E-state index contributed by atoms with van der Waals surface area (Å²) in [7, 11) is 4.29. The second kappa shape index (κ2) is 7.86. The number of thiocarbonyl (C=S) groups is 1. The molecule has 0 saturated heterocycles.